The Bertz CT molecular complexity index is 504. The van der Waals surface area contributed by atoms with Crippen LogP contribution in [0.1, 0.15) is 31.9 Å². The van der Waals surface area contributed by atoms with Gasteiger partial charge in [0.05, 0.1) is 5.75 Å². The van der Waals surface area contributed by atoms with E-state index in [1.54, 1.807) is 25.1 Å². The summed E-state index contributed by atoms with van der Waals surface area (Å²) < 4.78 is 25.9. The highest BCUT2D eigenvalue weighted by Gasteiger charge is 2.26. The third-order valence-corrected chi connectivity index (χ3v) is 5.35. The zero-order chi connectivity index (χ0) is 14.5. The van der Waals surface area contributed by atoms with Gasteiger partial charge in [-0.1, -0.05) is 19.1 Å². The zero-order valence-corrected chi connectivity index (χ0v) is 12.8. The third-order valence-electron chi connectivity index (χ3n) is 2.99. The maximum atomic E-state index is 12.2. The smallest absolute Gasteiger partial charge is 0.214 e. The van der Waals surface area contributed by atoms with Crippen molar-refractivity contribution < 1.29 is 13.5 Å². The van der Waals surface area contributed by atoms with E-state index in [4.69, 9.17) is 11.6 Å². The van der Waals surface area contributed by atoms with Crippen LogP contribution in [0, 0.1) is 0 Å². The van der Waals surface area contributed by atoms with Gasteiger partial charge in [0.25, 0.3) is 0 Å². The molecule has 6 heteroatoms. The lowest BCUT2D eigenvalue weighted by Gasteiger charge is -2.27. The van der Waals surface area contributed by atoms with Crippen molar-refractivity contribution in [1.29, 1.82) is 0 Å². The lowest BCUT2D eigenvalue weighted by Crippen LogP contribution is -2.35. The van der Waals surface area contributed by atoms with Crippen molar-refractivity contribution in [2.24, 2.45) is 0 Å². The molecular formula is C13H20ClNO3S. The highest BCUT2D eigenvalue weighted by atomic mass is 35.5. The average Bonchev–Trinajstić information content (AvgIpc) is 2.37. The van der Waals surface area contributed by atoms with Crippen LogP contribution in [0.5, 0.6) is 5.75 Å². The molecule has 19 heavy (non-hydrogen) atoms. The number of hydrogen-bond acceptors (Lipinski definition) is 3. The van der Waals surface area contributed by atoms with Crippen molar-refractivity contribution in [3.8, 4) is 5.75 Å². The maximum Gasteiger partial charge on any atom is 0.214 e. The standard InChI is InChI=1S/C13H20ClNO3S/c1-3-15(19(17,18)9-5-8-14)11(2)12-6-4-7-13(16)10-12/h4,6-7,10-11,16H,3,5,8-9H2,1-2H3. The molecule has 1 atom stereocenters. The van der Waals surface area contributed by atoms with E-state index in [2.05, 4.69) is 0 Å². The summed E-state index contributed by atoms with van der Waals surface area (Å²) in [6.07, 6.45) is 0.438. The van der Waals surface area contributed by atoms with E-state index in [9.17, 15) is 13.5 Å². The normalized spacial score (nSPS) is 13.7. The first-order valence-corrected chi connectivity index (χ1v) is 8.41. The molecule has 4 nitrogen and oxygen atoms in total. The Balaban J connectivity index is 2.96. The number of phenols is 1. The number of hydrogen-bond donors (Lipinski definition) is 1. The minimum absolute atomic E-state index is 0.0491. The lowest BCUT2D eigenvalue weighted by atomic mass is 10.1. The number of nitrogens with zero attached hydrogens (tertiary/aromatic N) is 1. The van der Waals surface area contributed by atoms with Crippen LogP contribution in [0.4, 0.5) is 0 Å². The molecule has 0 spiro atoms. The summed E-state index contributed by atoms with van der Waals surface area (Å²) in [5.74, 6) is 0.517. The number of aromatic hydroxyl groups is 1. The molecule has 1 unspecified atom stereocenters. The van der Waals surface area contributed by atoms with E-state index < -0.39 is 10.0 Å². The number of halogens is 1. The molecule has 1 N–H and O–H groups in total. The van der Waals surface area contributed by atoms with Crippen LogP contribution in [0.15, 0.2) is 24.3 Å². The fraction of sp³-hybridized carbons (Fsp3) is 0.538. The number of rotatable bonds is 7. The fourth-order valence-corrected chi connectivity index (χ4v) is 4.05. The summed E-state index contributed by atoms with van der Waals surface area (Å²) in [5, 5.41) is 9.48. The van der Waals surface area contributed by atoms with Crippen LogP contribution in [-0.2, 0) is 10.0 Å². The summed E-state index contributed by atoms with van der Waals surface area (Å²) in [7, 11) is -3.33. The van der Waals surface area contributed by atoms with Crippen LogP contribution >= 0.6 is 11.6 Å². The molecule has 0 fully saturated rings. The average molecular weight is 306 g/mol. The second-order valence-corrected chi connectivity index (χ2v) is 6.75. The molecule has 0 saturated heterocycles. The molecule has 0 aliphatic heterocycles. The Labute approximate surface area is 120 Å². The van der Waals surface area contributed by atoms with E-state index in [0.717, 1.165) is 5.56 Å². The predicted octanol–water partition coefficient (Wildman–Crippen LogP) is 2.73. The van der Waals surface area contributed by atoms with Gasteiger partial charge >= 0.3 is 0 Å². The molecule has 1 rings (SSSR count). The molecule has 0 aliphatic carbocycles. The van der Waals surface area contributed by atoms with Crippen molar-refractivity contribution in [3.63, 3.8) is 0 Å². The van der Waals surface area contributed by atoms with E-state index in [0.29, 0.717) is 18.8 Å². The molecule has 108 valence electrons. The van der Waals surface area contributed by atoms with Crippen molar-refractivity contribution in [2.75, 3.05) is 18.2 Å². The topological polar surface area (TPSA) is 57.6 Å². The van der Waals surface area contributed by atoms with E-state index in [-0.39, 0.29) is 17.5 Å². The Morgan fingerprint density at radius 2 is 2.11 bits per heavy atom. The molecule has 0 aromatic heterocycles. The Hall–Kier alpha value is -0.780. The summed E-state index contributed by atoms with van der Waals surface area (Å²) in [6.45, 7) is 4.01. The van der Waals surface area contributed by atoms with Gasteiger partial charge in [0.1, 0.15) is 5.75 Å². The molecule has 1 aromatic carbocycles. The largest absolute Gasteiger partial charge is 0.508 e. The zero-order valence-electron chi connectivity index (χ0n) is 11.2. The first kappa shape index (κ1) is 16.3. The SMILES string of the molecule is CCN(C(C)c1cccc(O)c1)S(=O)(=O)CCCCl. The minimum Gasteiger partial charge on any atom is -0.508 e. The van der Waals surface area contributed by atoms with E-state index in [1.807, 2.05) is 13.0 Å². The van der Waals surface area contributed by atoms with Gasteiger partial charge in [0.2, 0.25) is 10.0 Å². The van der Waals surface area contributed by atoms with Gasteiger partial charge in [-0.2, -0.15) is 4.31 Å². The highest BCUT2D eigenvalue weighted by Crippen LogP contribution is 2.26. The highest BCUT2D eigenvalue weighted by molar-refractivity contribution is 7.89. The molecule has 1 aromatic rings. The van der Waals surface area contributed by atoms with Crippen LogP contribution in [0.2, 0.25) is 0 Å². The molecule has 0 bridgehead atoms. The quantitative estimate of drug-likeness (QED) is 0.788. The van der Waals surface area contributed by atoms with Crippen LogP contribution < -0.4 is 0 Å². The fourth-order valence-electron chi connectivity index (χ4n) is 2.02. The van der Waals surface area contributed by atoms with Crippen LogP contribution in [0.3, 0.4) is 0 Å². The van der Waals surface area contributed by atoms with Gasteiger partial charge in [0.15, 0.2) is 0 Å². The minimum atomic E-state index is -3.33. The lowest BCUT2D eigenvalue weighted by molar-refractivity contribution is 0.355. The van der Waals surface area contributed by atoms with Gasteiger partial charge in [-0.3, -0.25) is 0 Å². The maximum absolute atomic E-state index is 12.2. The van der Waals surface area contributed by atoms with E-state index in [1.165, 1.54) is 4.31 Å². The first-order valence-electron chi connectivity index (χ1n) is 6.26. The van der Waals surface area contributed by atoms with Crippen molar-refractivity contribution in [1.82, 2.24) is 4.31 Å². The van der Waals surface area contributed by atoms with Gasteiger partial charge in [-0.05, 0) is 31.0 Å². The first-order chi connectivity index (χ1) is 8.92. The van der Waals surface area contributed by atoms with E-state index >= 15 is 0 Å². The summed E-state index contributed by atoms with van der Waals surface area (Å²) in [5.41, 5.74) is 0.774. The molecule has 0 aliphatic rings. The molecule has 0 radical (unpaired) electrons. The summed E-state index contributed by atoms with van der Waals surface area (Å²) in [6, 6.07) is 6.36. The number of benzene rings is 1. The van der Waals surface area contributed by atoms with Crippen molar-refractivity contribution in [2.45, 2.75) is 26.3 Å². The summed E-state index contributed by atoms with van der Waals surface area (Å²) >= 11 is 5.56. The molecular weight excluding hydrogens is 286 g/mol. The molecule has 0 amide bonds. The molecule has 0 saturated carbocycles. The second-order valence-electron chi connectivity index (χ2n) is 4.33. The second kappa shape index (κ2) is 7.12. The van der Waals surface area contributed by atoms with Gasteiger partial charge in [-0.15, -0.1) is 11.6 Å². The third kappa shape index (κ3) is 4.37. The Kier molecular flexibility index (Phi) is 6.10. The van der Waals surface area contributed by atoms with Crippen LogP contribution in [0.25, 0.3) is 0 Å². The van der Waals surface area contributed by atoms with Gasteiger partial charge in [-0.25, -0.2) is 8.42 Å². The number of sulfonamides is 1. The molecule has 0 heterocycles. The van der Waals surface area contributed by atoms with Crippen molar-refractivity contribution in [3.05, 3.63) is 29.8 Å². The Morgan fingerprint density at radius 3 is 2.63 bits per heavy atom. The summed E-state index contributed by atoms with van der Waals surface area (Å²) in [4.78, 5) is 0. The van der Waals surface area contributed by atoms with Crippen LogP contribution in [-0.4, -0.2) is 36.0 Å². The van der Waals surface area contributed by atoms with Crippen molar-refractivity contribution >= 4 is 21.6 Å². The monoisotopic (exact) mass is 305 g/mol. The Morgan fingerprint density at radius 1 is 1.42 bits per heavy atom. The van der Waals surface area contributed by atoms with Gasteiger partial charge < -0.3 is 5.11 Å². The number of alkyl halides is 1. The number of phenolic OH excluding ortho intramolecular Hbond substituents is 1. The predicted molar refractivity (Wildman–Crippen MR) is 78.0 cm³/mol. The van der Waals surface area contributed by atoms with Gasteiger partial charge in [0, 0.05) is 18.5 Å².